The molecule has 0 radical (unpaired) electrons. The Morgan fingerprint density at radius 2 is 1.83 bits per heavy atom. The molecule has 4 heteroatoms. The summed E-state index contributed by atoms with van der Waals surface area (Å²) in [5.41, 5.74) is 6.18. The highest BCUT2D eigenvalue weighted by atomic mass is 16.4. The summed E-state index contributed by atoms with van der Waals surface area (Å²) in [7, 11) is 0. The minimum Gasteiger partial charge on any atom is -0.478 e. The van der Waals surface area contributed by atoms with Gasteiger partial charge in [0.1, 0.15) is 5.82 Å². The lowest BCUT2D eigenvalue weighted by atomic mass is 10.1. The highest BCUT2D eigenvalue weighted by Gasteiger charge is 2.29. The maximum absolute atomic E-state index is 11.0. The van der Waals surface area contributed by atoms with Crippen LogP contribution in [0.4, 0.5) is 0 Å². The Bertz CT molecular complexity index is 934. The monoisotopic (exact) mass is 320 g/mol. The Morgan fingerprint density at radius 1 is 1.17 bits per heavy atom. The molecule has 1 saturated carbocycles. The zero-order valence-corrected chi connectivity index (χ0v) is 13.9. The number of imidazole rings is 1. The van der Waals surface area contributed by atoms with Crippen molar-refractivity contribution in [2.45, 2.75) is 39.2 Å². The van der Waals surface area contributed by atoms with Crippen LogP contribution in [-0.2, 0) is 6.54 Å². The first-order valence-corrected chi connectivity index (χ1v) is 8.32. The van der Waals surface area contributed by atoms with Gasteiger partial charge in [-0.05, 0) is 67.6 Å². The number of hydrogen-bond acceptors (Lipinski definition) is 2. The minimum absolute atomic E-state index is 0.322. The van der Waals surface area contributed by atoms with Crippen LogP contribution in [0.25, 0.3) is 11.0 Å². The zero-order valence-electron chi connectivity index (χ0n) is 13.9. The van der Waals surface area contributed by atoms with Crippen LogP contribution in [0.15, 0.2) is 36.4 Å². The molecule has 2 aromatic carbocycles. The van der Waals surface area contributed by atoms with Crippen LogP contribution in [0, 0.1) is 13.8 Å². The third kappa shape index (κ3) is 2.58. The largest absolute Gasteiger partial charge is 0.478 e. The summed E-state index contributed by atoms with van der Waals surface area (Å²) < 4.78 is 2.30. The van der Waals surface area contributed by atoms with E-state index in [1.54, 1.807) is 12.1 Å². The average Bonchev–Trinajstić information content (AvgIpc) is 3.34. The Balaban J connectivity index is 1.78. The van der Waals surface area contributed by atoms with E-state index in [1.807, 2.05) is 12.1 Å². The second kappa shape index (κ2) is 5.48. The first kappa shape index (κ1) is 14.9. The molecule has 1 aliphatic rings. The number of carboxylic acid groups (broad SMARTS) is 1. The highest BCUT2D eigenvalue weighted by Crippen LogP contribution is 2.41. The molecule has 0 bridgehead atoms. The molecule has 1 aromatic heterocycles. The van der Waals surface area contributed by atoms with Gasteiger partial charge in [0.25, 0.3) is 0 Å². The standard InChI is InChI=1S/C20H20N2O2/c1-12-9-17-18(10-13(12)2)22(19(21-17)15-7-8-15)11-14-3-5-16(6-4-14)20(23)24/h3-6,9-10,15H,7-8,11H2,1-2H3,(H,23,24). The minimum atomic E-state index is -0.889. The summed E-state index contributed by atoms with van der Waals surface area (Å²) in [6.45, 7) is 4.98. The van der Waals surface area contributed by atoms with Crippen LogP contribution in [0.1, 0.15) is 51.6 Å². The topological polar surface area (TPSA) is 55.1 Å². The van der Waals surface area contributed by atoms with Crippen LogP contribution < -0.4 is 0 Å². The van der Waals surface area contributed by atoms with E-state index in [9.17, 15) is 4.79 Å². The first-order chi connectivity index (χ1) is 11.5. The van der Waals surface area contributed by atoms with Gasteiger partial charge in [0, 0.05) is 12.5 Å². The first-order valence-electron chi connectivity index (χ1n) is 8.32. The van der Waals surface area contributed by atoms with E-state index in [1.165, 1.54) is 29.5 Å². The molecule has 0 unspecified atom stereocenters. The molecule has 1 fully saturated rings. The molecule has 1 aliphatic carbocycles. The molecule has 0 amide bonds. The van der Waals surface area contributed by atoms with E-state index >= 15 is 0 Å². The molecule has 3 aromatic rings. The molecule has 24 heavy (non-hydrogen) atoms. The number of aryl methyl sites for hydroxylation is 2. The Morgan fingerprint density at radius 3 is 2.46 bits per heavy atom. The molecular weight excluding hydrogens is 300 g/mol. The normalized spacial score (nSPS) is 14.2. The number of carboxylic acids is 1. The smallest absolute Gasteiger partial charge is 0.335 e. The van der Waals surface area contributed by atoms with Gasteiger partial charge in [-0.15, -0.1) is 0 Å². The van der Waals surface area contributed by atoms with E-state index in [4.69, 9.17) is 10.1 Å². The van der Waals surface area contributed by atoms with Gasteiger partial charge in [-0.2, -0.15) is 0 Å². The van der Waals surface area contributed by atoms with Crippen molar-refractivity contribution in [3.05, 3.63) is 64.5 Å². The Hall–Kier alpha value is -2.62. The lowest BCUT2D eigenvalue weighted by Crippen LogP contribution is -2.05. The van der Waals surface area contributed by atoms with Crippen molar-refractivity contribution in [1.29, 1.82) is 0 Å². The number of aromatic nitrogens is 2. The number of fused-ring (bicyclic) bond motifs is 1. The van der Waals surface area contributed by atoms with Crippen molar-refractivity contribution in [3.63, 3.8) is 0 Å². The van der Waals surface area contributed by atoms with Gasteiger partial charge < -0.3 is 9.67 Å². The van der Waals surface area contributed by atoms with Crippen molar-refractivity contribution in [1.82, 2.24) is 9.55 Å². The zero-order chi connectivity index (χ0) is 16.8. The van der Waals surface area contributed by atoms with Gasteiger partial charge >= 0.3 is 5.97 Å². The number of rotatable bonds is 4. The second-order valence-corrected chi connectivity index (χ2v) is 6.76. The van der Waals surface area contributed by atoms with Crippen LogP contribution in [-0.4, -0.2) is 20.6 Å². The van der Waals surface area contributed by atoms with Gasteiger partial charge in [-0.1, -0.05) is 12.1 Å². The van der Waals surface area contributed by atoms with Crippen molar-refractivity contribution in [2.24, 2.45) is 0 Å². The van der Waals surface area contributed by atoms with E-state index < -0.39 is 5.97 Å². The maximum Gasteiger partial charge on any atom is 0.335 e. The van der Waals surface area contributed by atoms with Gasteiger partial charge in [-0.25, -0.2) is 9.78 Å². The molecule has 0 saturated heterocycles. The number of nitrogens with zero attached hydrogens (tertiary/aromatic N) is 2. The lowest BCUT2D eigenvalue weighted by Gasteiger charge is -2.10. The molecule has 0 spiro atoms. The molecule has 4 rings (SSSR count). The fourth-order valence-electron chi connectivity index (χ4n) is 3.15. The van der Waals surface area contributed by atoms with E-state index in [0.29, 0.717) is 11.5 Å². The van der Waals surface area contributed by atoms with Gasteiger partial charge in [0.05, 0.1) is 16.6 Å². The molecule has 122 valence electrons. The number of benzene rings is 2. The van der Waals surface area contributed by atoms with E-state index in [2.05, 4.69) is 30.5 Å². The van der Waals surface area contributed by atoms with Gasteiger partial charge in [0.2, 0.25) is 0 Å². The van der Waals surface area contributed by atoms with E-state index in [0.717, 1.165) is 23.4 Å². The van der Waals surface area contributed by atoms with Crippen molar-refractivity contribution in [2.75, 3.05) is 0 Å². The third-order valence-electron chi connectivity index (χ3n) is 4.88. The molecular formula is C20H20N2O2. The highest BCUT2D eigenvalue weighted by molar-refractivity contribution is 5.87. The Kier molecular flexibility index (Phi) is 3.41. The summed E-state index contributed by atoms with van der Waals surface area (Å²) in [6, 6.07) is 11.5. The number of carbonyl (C=O) groups is 1. The molecule has 1 heterocycles. The van der Waals surface area contributed by atoms with E-state index in [-0.39, 0.29) is 0 Å². The van der Waals surface area contributed by atoms with Crippen molar-refractivity contribution >= 4 is 17.0 Å². The van der Waals surface area contributed by atoms with Crippen LogP contribution in [0.5, 0.6) is 0 Å². The summed E-state index contributed by atoms with van der Waals surface area (Å²) in [6.07, 6.45) is 2.42. The maximum atomic E-state index is 11.0. The summed E-state index contributed by atoms with van der Waals surface area (Å²) in [4.78, 5) is 15.9. The third-order valence-corrected chi connectivity index (χ3v) is 4.88. The summed E-state index contributed by atoms with van der Waals surface area (Å²) >= 11 is 0. The number of aromatic carboxylic acids is 1. The molecule has 4 nitrogen and oxygen atoms in total. The quantitative estimate of drug-likeness (QED) is 0.780. The average molecular weight is 320 g/mol. The second-order valence-electron chi connectivity index (χ2n) is 6.76. The van der Waals surface area contributed by atoms with Crippen LogP contribution in [0.3, 0.4) is 0 Å². The molecule has 0 atom stereocenters. The summed E-state index contributed by atoms with van der Waals surface area (Å²) in [5.74, 6) is 0.841. The Labute approximate surface area is 140 Å². The SMILES string of the molecule is Cc1cc2nc(C3CC3)n(Cc3ccc(C(=O)O)cc3)c2cc1C. The number of hydrogen-bond donors (Lipinski definition) is 1. The van der Waals surface area contributed by atoms with Crippen LogP contribution in [0.2, 0.25) is 0 Å². The van der Waals surface area contributed by atoms with Crippen molar-refractivity contribution in [3.8, 4) is 0 Å². The van der Waals surface area contributed by atoms with Crippen LogP contribution >= 0.6 is 0 Å². The van der Waals surface area contributed by atoms with Gasteiger partial charge in [-0.3, -0.25) is 0 Å². The predicted octanol–water partition coefficient (Wildman–Crippen LogP) is 4.28. The molecule has 0 aliphatic heterocycles. The van der Waals surface area contributed by atoms with Crippen molar-refractivity contribution < 1.29 is 9.90 Å². The molecule has 1 N–H and O–H groups in total. The van der Waals surface area contributed by atoms with Gasteiger partial charge in [0.15, 0.2) is 0 Å². The lowest BCUT2D eigenvalue weighted by molar-refractivity contribution is 0.0697. The predicted molar refractivity (Wildman–Crippen MR) is 93.7 cm³/mol. The fraction of sp³-hybridized carbons (Fsp3) is 0.300. The fourth-order valence-corrected chi connectivity index (χ4v) is 3.15. The summed E-state index contributed by atoms with van der Waals surface area (Å²) in [5, 5.41) is 9.04.